The smallest absolute Gasteiger partial charge is 0.242 e. The molecule has 98 valence electrons. The zero-order chi connectivity index (χ0) is 13.3. The summed E-state index contributed by atoms with van der Waals surface area (Å²) in [5.74, 6) is -0.327. The van der Waals surface area contributed by atoms with Crippen molar-refractivity contribution in [2.24, 2.45) is 5.73 Å². The van der Waals surface area contributed by atoms with Crippen LogP contribution in [0.4, 0.5) is 5.69 Å². The highest BCUT2D eigenvalue weighted by molar-refractivity contribution is 5.86. The lowest BCUT2D eigenvalue weighted by Crippen LogP contribution is -2.51. The molecule has 3 N–H and O–H groups in total. The van der Waals surface area contributed by atoms with Crippen LogP contribution in [0.25, 0.3) is 0 Å². The van der Waals surface area contributed by atoms with Gasteiger partial charge in [-0.3, -0.25) is 10.1 Å². The van der Waals surface area contributed by atoms with Crippen molar-refractivity contribution in [3.05, 3.63) is 29.8 Å². The summed E-state index contributed by atoms with van der Waals surface area (Å²) in [5.41, 5.74) is 6.83. The third kappa shape index (κ3) is 2.48. The number of carbonyl (C=O) groups excluding carboxylic acids is 1. The van der Waals surface area contributed by atoms with Crippen LogP contribution in [0.1, 0.15) is 25.3 Å². The van der Waals surface area contributed by atoms with E-state index in [1.807, 2.05) is 50.2 Å². The van der Waals surface area contributed by atoms with E-state index in [-0.39, 0.29) is 5.91 Å². The summed E-state index contributed by atoms with van der Waals surface area (Å²) in [4.78, 5) is 13.8. The fourth-order valence-electron chi connectivity index (χ4n) is 2.03. The molecule has 1 aromatic rings. The van der Waals surface area contributed by atoms with Crippen LogP contribution in [0.15, 0.2) is 24.3 Å². The first-order chi connectivity index (χ1) is 8.43. The Morgan fingerprint density at radius 2 is 1.89 bits per heavy atom. The van der Waals surface area contributed by atoms with Gasteiger partial charge in [-0.15, -0.1) is 0 Å². The first-order valence-electron chi connectivity index (χ1n) is 6.29. The van der Waals surface area contributed by atoms with E-state index in [0.29, 0.717) is 6.04 Å². The van der Waals surface area contributed by atoms with Gasteiger partial charge in [0.05, 0.1) is 0 Å². The molecule has 0 saturated heterocycles. The Morgan fingerprint density at radius 3 is 2.28 bits per heavy atom. The topological polar surface area (TPSA) is 58.4 Å². The van der Waals surface area contributed by atoms with Crippen LogP contribution in [-0.2, 0) is 10.3 Å². The second kappa shape index (κ2) is 4.61. The van der Waals surface area contributed by atoms with Gasteiger partial charge in [0.2, 0.25) is 5.91 Å². The monoisotopic (exact) mass is 247 g/mol. The van der Waals surface area contributed by atoms with Crippen molar-refractivity contribution in [1.29, 1.82) is 0 Å². The number of benzene rings is 1. The highest BCUT2D eigenvalue weighted by Crippen LogP contribution is 2.29. The van der Waals surface area contributed by atoms with E-state index < -0.39 is 5.54 Å². The van der Waals surface area contributed by atoms with Crippen LogP contribution in [0.2, 0.25) is 0 Å². The van der Waals surface area contributed by atoms with E-state index in [4.69, 9.17) is 5.73 Å². The molecule has 1 saturated carbocycles. The number of hydrogen-bond acceptors (Lipinski definition) is 3. The predicted octanol–water partition coefficient (Wildman–Crippen LogP) is 1.21. The van der Waals surface area contributed by atoms with Gasteiger partial charge < -0.3 is 10.6 Å². The normalized spacial score (nSPS) is 18.2. The van der Waals surface area contributed by atoms with Crippen molar-refractivity contribution in [3.63, 3.8) is 0 Å². The van der Waals surface area contributed by atoms with Gasteiger partial charge in [-0.2, -0.15) is 0 Å². The molecule has 1 unspecified atom stereocenters. The number of rotatable bonds is 5. The van der Waals surface area contributed by atoms with Gasteiger partial charge in [0, 0.05) is 25.8 Å². The number of nitrogens with two attached hydrogens (primary N) is 1. The zero-order valence-electron chi connectivity index (χ0n) is 11.2. The zero-order valence-corrected chi connectivity index (χ0v) is 11.2. The number of hydrogen-bond donors (Lipinski definition) is 2. The van der Waals surface area contributed by atoms with E-state index in [1.165, 1.54) is 0 Å². The van der Waals surface area contributed by atoms with Crippen LogP contribution < -0.4 is 16.0 Å². The van der Waals surface area contributed by atoms with Gasteiger partial charge in [-0.25, -0.2) is 0 Å². The van der Waals surface area contributed by atoms with Crippen LogP contribution in [-0.4, -0.2) is 26.0 Å². The number of nitrogens with one attached hydrogen (secondary N) is 1. The first kappa shape index (κ1) is 12.9. The standard InChI is InChI=1S/C14H21N3O/c1-14(13(15)18,16-11-6-7-11)10-4-8-12(9-5-10)17(2)3/h4-5,8-9,11,16H,6-7H2,1-3H3,(H2,15,18). The predicted molar refractivity (Wildman–Crippen MR) is 73.5 cm³/mol. The molecular formula is C14H21N3O. The van der Waals surface area contributed by atoms with Crippen molar-refractivity contribution < 1.29 is 4.79 Å². The minimum absolute atomic E-state index is 0.327. The molecule has 0 aliphatic heterocycles. The average molecular weight is 247 g/mol. The van der Waals surface area contributed by atoms with E-state index >= 15 is 0 Å². The van der Waals surface area contributed by atoms with E-state index in [2.05, 4.69) is 5.32 Å². The lowest BCUT2D eigenvalue weighted by atomic mass is 9.90. The molecule has 2 rings (SSSR count). The molecule has 4 heteroatoms. The van der Waals surface area contributed by atoms with Crippen molar-refractivity contribution >= 4 is 11.6 Å². The summed E-state index contributed by atoms with van der Waals surface area (Å²) in [6, 6.07) is 8.37. The lowest BCUT2D eigenvalue weighted by Gasteiger charge is -2.28. The minimum atomic E-state index is -0.772. The highest BCUT2D eigenvalue weighted by atomic mass is 16.1. The molecule has 4 nitrogen and oxygen atoms in total. The molecule has 1 fully saturated rings. The minimum Gasteiger partial charge on any atom is -0.378 e. The summed E-state index contributed by atoms with van der Waals surface area (Å²) < 4.78 is 0. The van der Waals surface area contributed by atoms with Crippen molar-refractivity contribution in [1.82, 2.24) is 5.32 Å². The SMILES string of the molecule is CN(C)c1ccc(C(C)(NC2CC2)C(N)=O)cc1. The van der Waals surface area contributed by atoms with E-state index in [1.54, 1.807) is 0 Å². The molecule has 1 atom stereocenters. The van der Waals surface area contributed by atoms with Crippen LogP contribution in [0.5, 0.6) is 0 Å². The third-order valence-corrected chi connectivity index (χ3v) is 3.52. The molecule has 0 heterocycles. The first-order valence-corrected chi connectivity index (χ1v) is 6.29. The second-order valence-electron chi connectivity index (χ2n) is 5.35. The Labute approximate surface area is 108 Å². The second-order valence-corrected chi connectivity index (χ2v) is 5.35. The fraction of sp³-hybridized carbons (Fsp3) is 0.500. The summed E-state index contributed by atoms with van der Waals surface area (Å²) >= 11 is 0. The molecule has 0 spiro atoms. The summed E-state index contributed by atoms with van der Waals surface area (Å²) in [7, 11) is 3.98. The average Bonchev–Trinajstić information content (AvgIpc) is 3.12. The van der Waals surface area contributed by atoms with Crippen LogP contribution in [0, 0.1) is 0 Å². The van der Waals surface area contributed by atoms with Crippen molar-refractivity contribution in [2.75, 3.05) is 19.0 Å². The third-order valence-electron chi connectivity index (χ3n) is 3.52. The molecule has 1 aliphatic rings. The Bertz CT molecular complexity index is 437. The van der Waals surface area contributed by atoms with Gasteiger partial charge in [0.1, 0.15) is 5.54 Å². The maximum atomic E-state index is 11.8. The van der Waals surface area contributed by atoms with Gasteiger partial charge in [-0.1, -0.05) is 12.1 Å². The van der Waals surface area contributed by atoms with Gasteiger partial charge in [-0.05, 0) is 37.5 Å². The molecule has 18 heavy (non-hydrogen) atoms. The van der Waals surface area contributed by atoms with Crippen molar-refractivity contribution in [2.45, 2.75) is 31.3 Å². The summed E-state index contributed by atoms with van der Waals surface area (Å²) in [6.45, 7) is 1.86. The molecular weight excluding hydrogens is 226 g/mol. The Kier molecular flexibility index (Phi) is 3.30. The Hall–Kier alpha value is -1.55. The number of nitrogens with zero attached hydrogens (tertiary/aromatic N) is 1. The molecule has 1 amide bonds. The lowest BCUT2D eigenvalue weighted by molar-refractivity contribution is -0.124. The summed E-state index contributed by atoms with van der Waals surface area (Å²) in [5, 5.41) is 3.34. The molecule has 1 aromatic carbocycles. The molecule has 0 radical (unpaired) electrons. The van der Waals surface area contributed by atoms with E-state index in [0.717, 1.165) is 24.1 Å². The number of amides is 1. The number of primary amides is 1. The largest absolute Gasteiger partial charge is 0.378 e. The summed E-state index contributed by atoms with van der Waals surface area (Å²) in [6.07, 6.45) is 2.25. The molecule has 0 aromatic heterocycles. The molecule has 0 bridgehead atoms. The number of carbonyl (C=O) groups is 1. The van der Waals surface area contributed by atoms with Crippen molar-refractivity contribution in [3.8, 4) is 0 Å². The maximum absolute atomic E-state index is 11.8. The van der Waals surface area contributed by atoms with Gasteiger partial charge in [0.15, 0.2) is 0 Å². The fourth-order valence-corrected chi connectivity index (χ4v) is 2.03. The Balaban J connectivity index is 2.27. The highest BCUT2D eigenvalue weighted by Gasteiger charge is 2.38. The number of anilines is 1. The Morgan fingerprint density at radius 1 is 1.33 bits per heavy atom. The van der Waals surface area contributed by atoms with Gasteiger partial charge in [0.25, 0.3) is 0 Å². The quantitative estimate of drug-likeness (QED) is 0.822. The van der Waals surface area contributed by atoms with Crippen LogP contribution >= 0.6 is 0 Å². The maximum Gasteiger partial charge on any atom is 0.242 e. The van der Waals surface area contributed by atoms with Gasteiger partial charge >= 0.3 is 0 Å². The van der Waals surface area contributed by atoms with Crippen LogP contribution in [0.3, 0.4) is 0 Å². The van der Waals surface area contributed by atoms with E-state index in [9.17, 15) is 4.79 Å². The molecule has 1 aliphatic carbocycles.